The van der Waals surface area contributed by atoms with Crippen LogP contribution in [-0.2, 0) is 12.3 Å². The minimum atomic E-state index is -0.208. The monoisotopic (exact) mass is 393 g/mol. The Hall–Kier alpha value is -2.53. The summed E-state index contributed by atoms with van der Waals surface area (Å²) in [4.78, 5) is 0. The zero-order chi connectivity index (χ0) is 20.1. The molecule has 0 amide bonds. The standard InChI is InChI=1S/C23H27N3OS/c1-6-14-26-22(19(5)27-21-13-9-11-16(2)18(21)4)24-25-23(26)28-15-20-12-8-7-10-17(20)3/h6-13,19H,1,14-15H2,2-5H3. The molecule has 2 aromatic carbocycles. The fourth-order valence-electron chi connectivity index (χ4n) is 3.02. The SMILES string of the molecule is C=CCn1c(SCc2ccccc2C)nnc1C(C)Oc1cccc(C)c1C. The summed E-state index contributed by atoms with van der Waals surface area (Å²) < 4.78 is 8.32. The molecule has 146 valence electrons. The van der Waals surface area contributed by atoms with E-state index in [1.807, 2.05) is 25.1 Å². The van der Waals surface area contributed by atoms with E-state index >= 15 is 0 Å². The van der Waals surface area contributed by atoms with Crippen molar-refractivity contribution in [1.29, 1.82) is 0 Å². The Labute approximate surface area is 171 Å². The molecule has 0 radical (unpaired) electrons. The molecule has 0 fully saturated rings. The second-order valence-electron chi connectivity index (χ2n) is 6.91. The molecule has 0 aliphatic carbocycles. The van der Waals surface area contributed by atoms with Gasteiger partial charge < -0.3 is 4.74 Å². The van der Waals surface area contributed by atoms with Crippen LogP contribution in [0.5, 0.6) is 5.75 Å². The van der Waals surface area contributed by atoms with Crippen molar-refractivity contribution in [1.82, 2.24) is 14.8 Å². The molecular weight excluding hydrogens is 366 g/mol. The van der Waals surface area contributed by atoms with E-state index in [0.29, 0.717) is 6.54 Å². The Balaban J connectivity index is 1.80. The third-order valence-corrected chi connectivity index (χ3v) is 5.91. The van der Waals surface area contributed by atoms with Gasteiger partial charge in [-0.2, -0.15) is 0 Å². The molecular formula is C23H27N3OS. The molecule has 4 nitrogen and oxygen atoms in total. The lowest BCUT2D eigenvalue weighted by molar-refractivity contribution is 0.209. The number of allylic oxidation sites excluding steroid dienone is 1. The third-order valence-electron chi connectivity index (χ3n) is 4.90. The van der Waals surface area contributed by atoms with Crippen LogP contribution in [-0.4, -0.2) is 14.8 Å². The zero-order valence-electron chi connectivity index (χ0n) is 17.0. The van der Waals surface area contributed by atoms with E-state index in [-0.39, 0.29) is 6.10 Å². The molecule has 1 atom stereocenters. The normalized spacial score (nSPS) is 12.0. The van der Waals surface area contributed by atoms with Gasteiger partial charge in [-0.1, -0.05) is 54.2 Å². The van der Waals surface area contributed by atoms with Gasteiger partial charge in [-0.3, -0.25) is 4.57 Å². The maximum Gasteiger partial charge on any atom is 0.191 e. The second kappa shape index (κ2) is 9.11. The van der Waals surface area contributed by atoms with Gasteiger partial charge in [0.05, 0.1) is 0 Å². The zero-order valence-corrected chi connectivity index (χ0v) is 17.8. The molecule has 5 heteroatoms. The molecule has 28 heavy (non-hydrogen) atoms. The smallest absolute Gasteiger partial charge is 0.191 e. The first kappa shape index (κ1) is 20.2. The van der Waals surface area contributed by atoms with E-state index in [0.717, 1.165) is 28.0 Å². The van der Waals surface area contributed by atoms with Crippen LogP contribution in [0.1, 0.15) is 41.1 Å². The third kappa shape index (κ3) is 4.47. The summed E-state index contributed by atoms with van der Waals surface area (Å²) in [5, 5.41) is 9.75. The van der Waals surface area contributed by atoms with E-state index in [1.54, 1.807) is 11.8 Å². The van der Waals surface area contributed by atoms with E-state index in [9.17, 15) is 0 Å². The highest BCUT2D eigenvalue weighted by Gasteiger charge is 2.20. The lowest BCUT2D eigenvalue weighted by atomic mass is 10.1. The highest BCUT2D eigenvalue weighted by atomic mass is 32.2. The highest BCUT2D eigenvalue weighted by Crippen LogP contribution is 2.29. The average molecular weight is 394 g/mol. The number of benzene rings is 2. The number of aromatic nitrogens is 3. The van der Waals surface area contributed by atoms with E-state index in [2.05, 4.69) is 72.4 Å². The molecule has 0 saturated heterocycles. The van der Waals surface area contributed by atoms with Gasteiger partial charge in [-0.05, 0) is 56.0 Å². The molecule has 1 heterocycles. The van der Waals surface area contributed by atoms with Crippen molar-refractivity contribution in [3.8, 4) is 5.75 Å². The topological polar surface area (TPSA) is 39.9 Å². The number of ether oxygens (including phenoxy) is 1. The molecule has 1 aromatic heterocycles. The Morgan fingerprint density at radius 3 is 2.57 bits per heavy atom. The molecule has 0 saturated carbocycles. The lowest BCUT2D eigenvalue weighted by Crippen LogP contribution is -2.12. The number of hydrogen-bond donors (Lipinski definition) is 0. The van der Waals surface area contributed by atoms with Crippen molar-refractivity contribution in [2.75, 3.05) is 0 Å². The molecule has 0 bridgehead atoms. The second-order valence-corrected chi connectivity index (χ2v) is 7.86. The lowest BCUT2D eigenvalue weighted by Gasteiger charge is -2.18. The summed E-state index contributed by atoms with van der Waals surface area (Å²) in [7, 11) is 0. The maximum atomic E-state index is 6.23. The molecule has 1 unspecified atom stereocenters. The maximum absolute atomic E-state index is 6.23. The number of hydrogen-bond acceptors (Lipinski definition) is 4. The number of thioether (sulfide) groups is 1. The van der Waals surface area contributed by atoms with E-state index in [4.69, 9.17) is 4.74 Å². The number of nitrogens with zero attached hydrogens (tertiary/aromatic N) is 3. The minimum Gasteiger partial charge on any atom is -0.482 e. The van der Waals surface area contributed by atoms with E-state index in [1.165, 1.54) is 16.7 Å². The molecule has 0 aliphatic rings. The van der Waals surface area contributed by atoms with Crippen molar-refractivity contribution in [3.63, 3.8) is 0 Å². The summed E-state index contributed by atoms with van der Waals surface area (Å²) in [5.74, 6) is 2.55. The summed E-state index contributed by atoms with van der Waals surface area (Å²) in [6.07, 6.45) is 1.66. The minimum absolute atomic E-state index is 0.208. The fourth-order valence-corrected chi connectivity index (χ4v) is 4.05. The van der Waals surface area contributed by atoms with Gasteiger partial charge in [0.1, 0.15) is 5.75 Å². The van der Waals surface area contributed by atoms with Crippen LogP contribution >= 0.6 is 11.8 Å². The van der Waals surface area contributed by atoms with Gasteiger partial charge in [-0.25, -0.2) is 0 Å². The average Bonchev–Trinajstić information content (AvgIpc) is 3.08. The molecule has 3 rings (SSSR count). The Morgan fingerprint density at radius 1 is 1.07 bits per heavy atom. The van der Waals surface area contributed by atoms with Crippen molar-refractivity contribution in [2.45, 2.75) is 51.3 Å². The van der Waals surface area contributed by atoms with Gasteiger partial charge >= 0.3 is 0 Å². The first-order valence-electron chi connectivity index (χ1n) is 9.45. The summed E-state index contributed by atoms with van der Waals surface area (Å²) >= 11 is 1.69. The fraction of sp³-hybridized carbons (Fsp3) is 0.304. The summed E-state index contributed by atoms with van der Waals surface area (Å²) in [5.41, 5.74) is 4.96. The predicted molar refractivity (Wildman–Crippen MR) is 116 cm³/mol. The van der Waals surface area contributed by atoms with Crippen LogP contribution < -0.4 is 4.74 Å². The molecule has 0 N–H and O–H groups in total. The number of aryl methyl sites for hydroxylation is 2. The van der Waals surface area contributed by atoms with Crippen LogP contribution in [0.15, 0.2) is 60.3 Å². The molecule has 0 spiro atoms. The first-order chi connectivity index (χ1) is 13.5. The largest absolute Gasteiger partial charge is 0.482 e. The van der Waals surface area contributed by atoms with Crippen LogP contribution in [0.3, 0.4) is 0 Å². The molecule has 3 aromatic rings. The first-order valence-corrected chi connectivity index (χ1v) is 10.4. The molecule has 0 aliphatic heterocycles. The number of rotatable bonds is 8. The quantitative estimate of drug-likeness (QED) is 0.357. The van der Waals surface area contributed by atoms with Gasteiger partial charge in [0, 0.05) is 12.3 Å². The van der Waals surface area contributed by atoms with Crippen molar-refractivity contribution in [3.05, 3.63) is 83.2 Å². The Morgan fingerprint density at radius 2 is 1.82 bits per heavy atom. The predicted octanol–water partition coefficient (Wildman–Crippen LogP) is 5.82. The summed E-state index contributed by atoms with van der Waals surface area (Å²) in [6, 6.07) is 14.5. The van der Waals surface area contributed by atoms with Gasteiger partial charge in [-0.15, -0.1) is 16.8 Å². The van der Waals surface area contributed by atoms with Gasteiger partial charge in [0.2, 0.25) is 0 Å². The van der Waals surface area contributed by atoms with Crippen LogP contribution in [0.25, 0.3) is 0 Å². The Bertz CT molecular complexity index is 964. The van der Waals surface area contributed by atoms with Crippen molar-refractivity contribution in [2.24, 2.45) is 0 Å². The van der Waals surface area contributed by atoms with Crippen molar-refractivity contribution >= 4 is 11.8 Å². The Kier molecular flexibility index (Phi) is 6.57. The van der Waals surface area contributed by atoms with Crippen molar-refractivity contribution < 1.29 is 4.74 Å². The van der Waals surface area contributed by atoms with E-state index < -0.39 is 0 Å². The summed E-state index contributed by atoms with van der Waals surface area (Å²) in [6.45, 7) is 12.9. The van der Waals surface area contributed by atoms with Crippen LogP contribution in [0.2, 0.25) is 0 Å². The van der Waals surface area contributed by atoms with Crippen LogP contribution in [0.4, 0.5) is 0 Å². The van der Waals surface area contributed by atoms with Crippen LogP contribution in [0, 0.1) is 20.8 Å². The van der Waals surface area contributed by atoms with Gasteiger partial charge in [0.15, 0.2) is 17.1 Å². The van der Waals surface area contributed by atoms with Gasteiger partial charge in [0.25, 0.3) is 0 Å². The highest BCUT2D eigenvalue weighted by molar-refractivity contribution is 7.98.